The van der Waals surface area contributed by atoms with Gasteiger partial charge in [-0.25, -0.2) is 0 Å². The molecule has 0 amide bonds. The van der Waals surface area contributed by atoms with Gasteiger partial charge in [-0.1, -0.05) is 0 Å². The van der Waals surface area contributed by atoms with E-state index in [1.165, 1.54) is 13.2 Å². The molecule has 2 rings (SSSR count). The average molecular weight is 281 g/mol. The highest BCUT2D eigenvalue weighted by Crippen LogP contribution is 2.36. The number of aliphatic hydroxyl groups excluding tert-OH is 1. The third kappa shape index (κ3) is 2.72. The first-order valence-electron chi connectivity index (χ1n) is 6.23. The van der Waals surface area contributed by atoms with E-state index in [4.69, 9.17) is 9.47 Å². The summed E-state index contributed by atoms with van der Waals surface area (Å²) >= 11 is 0. The number of hydrogen-bond acceptors (Lipinski definition) is 6. The van der Waals surface area contributed by atoms with Crippen LogP contribution >= 0.6 is 0 Å². The summed E-state index contributed by atoms with van der Waals surface area (Å²) in [7, 11) is 1.38. The summed E-state index contributed by atoms with van der Waals surface area (Å²) in [5.41, 5.74) is -0.422. The highest BCUT2D eigenvalue weighted by molar-refractivity contribution is 5.83. The number of rotatable bonds is 5. The van der Waals surface area contributed by atoms with E-state index in [0.29, 0.717) is 19.1 Å². The van der Waals surface area contributed by atoms with Crippen molar-refractivity contribution in [1.82, 2.24) is 0 Å². The minimum atomic E-state index is -0.652. The topological polar surface area (TPSA) is 98.9 Å². The van der Waals surface area contributed by atoms with Crippen LogP contribution < -0.4 is 9.47 Å². The molecule has 0 aromatic heterocycles. The van der Waals surface area contributed by atoms with Crippen molar-refractivity contribution in [2.75, 3.05) is 7.11 Å². The van der Waals surface area contributed by atoms with Gasteiger partial charge in [-0.05, 0) is 19.3 Å². The second-order valence-electron chi connectivity index (χ2n) is 4.59. The Morgan fingerprint density at radius 1 is 1.40 bits per heavy atom. The summed E-state index contributed by atoms with van der Waals surface area (Å²) < 4.78 is 10.7. The summed E-state index contributed by atoms with van der Waals surface area (Å²) in [6.07, 6.45) is 1.54. The van der Waals surface area contributed by atoms with Crippen LogP contribution in [0.25, 0.3) is 0 Å². The number of benzene rings is 1. The predicted octanol–water partition coefficient (Wildman–Crippen LogP) is 1.71. The standard InChI is InChI=1S/C13H15NO6/c1-19-12-5-8(7-15)9(14(17)18)6-13(12)20-11-4-2-3-10(11)16/h5-7,10-11,16H,2-4H2,1H3. The number of aldehydes is 1. The van der Waals surface area contributed by atoms with Crippen molar-refractivity contribution in [3.63, 3.8) is 0 Å². The van der Waals surface area contributed by atoms with Crippen LogP contribution in [-0.4, -0.2) is 35.6 Å². The third-order valence-electron chi connectivity index (χ3n) is 3.33. The van der Waals surface area contributed by atoms with E-state index >= 15 is 0 Å². The number of ether oxygens (including phenoxy) is 2. The van der Waals surface area contributed by atoms with Gasteiger partial charge in [0.2, 0.25) is 0 Å². The first kappa shape index (κ1) is 14.3. The van der Waals surface area contributed by atoms with Crippen LogP contribution in [0, 0.1) is 10.1 Å². The molecular formula is C13H15NO6. The molecule has 0 saturated heterocycles. The van der Waals surface area contributed by atoms with Crippen LogP contribution in [0.1, 0.15) is 29.6 Å². The Bertz CT molecular complexity index is 530. The number of carbonyl (C=O) groups excluding carboxylic acids is 1. The van der Waals surface area contributed by atoms with Gasteiger partial charge in [-0.15, -0.1) is 0 Å². The van der Waals surface area contributed by atoms with Gasteiger partial charge in [0.05, 0.1) is 29.8 Å². The molecule has 1 fully saturated rings. The molecule has 0 bridgehead atoms. The predicted molar refractivity (Wildman–Crippen MR) is 69.3 cm³/mol. The van der Waals surface area contributed by atoms with Crippen molar-refractivity contribution < 1.29 is 24.3 Å². The molecule has 108 valence electrons. The van der Waals surface area contributed by atoms with Gasteiger partial charge in [0, 0.05) is 6.07 Å². The van der Waals surface area contributed by atoms with Crippen LogP contribution in [0.2, 0.25) is 0 Å². The lowest BCUT2D eigenvalue weighted by molar-refractivity contribution is -0.385. The van der Waals surface area contributed by atoms with Gasteiger partial charge in [0.1, 0.15) is 6.10 Å². The smallest absolute Gasteiger partial charge is 0.283 e. The first-order valence-corrected chi connectivity index (χ1v) is 6.23. The van der Waals surface area contributed by atoms with Gasteiger partial charge in [0.25, 0.3) is 5.69 Å². The van der Waals surface area contributed by atoms with Crippen molar-refractivity contribution in [3.05, 3.63) is 27.8 Å². The molecule has 1 N–H and O–H groups in total. The van der Waals surface area contributed by atoms with Crippen LogP contribution in [0.15, 0.2) is 12.1 Å². The van der Waals surface area contributed by atoms with Crippen molar-refractivity contribution >= 4 is 12.0 Å². The van der Waals surface area contributed by atoms with Gasteiger partial charge in [0.15, 0.2) is 17.8 Å². The summed E-state index contributed by atoms with van der Waals surface area (Å²) in [5.74, 6) is 0.396. The quantitative estimate of drug-likeness (QED) is 0.501. The summed E-state index contributed by atoms with van der Waals surface area (Å²) in [5, 5.41) is 20.7. The fraction of sp³-hybridized carbons (Fsp3) is 0.462. The molecule has 1 aromatic carbocycles. The first-order chi connectivity index (χ1) is 9.56. The van der Waals surface area contributed by atoms with E-state index in [0.717, 1.165) is 12.5 Å². The van der Waals surface area contributed by atoms with Crippen molar-refractivity contribution in [2.24, 2.45) is 0 Å². The van der Waals surface area contributed by atoms with Gasteiger partial charge >= 0.3 is 0 Å². The SMILES string of the molecule is COc1cc(C=O)c([N+](=O)[O-])cc1OC1CCCC1O. The number of nitrogens with zero attached hydrogens (tertiary/aromatic N) is 1. The second-order valence-corrected chi connectivity index (χ2v) is 4.59. The van der Waals surface area contributed by atoms with Crippen molar-refractivity contribution in [1.29, 1.82) is 0 Å². The largest absolute Gasteiger partial charge is 0.493 e. The minimum absolute atomic E-state index is 0.0776. The van der Waals surface area contributed by atoms with Crippen LogP contribution in [0.5, 0.6) is 11.5 Å². The molecule has 0 aliphatic heterocycles. The lowest BCUT2D eigenvalue weighted by atomic mass is 10.1. The highest BCUT2D eigenvalue weighted by Gasteiger charge is 2.29. The number of nitro benzene ring substituents is 1. The van der Waals surface area contributed by atoms with Crippen LogP contribution in [0.3, 0.4) is 0 Å². The number of nitro groups is 1. The normalized spacial score (nSPS) is 21.5. The monoisotopic (exact) mass is 281 g/mol. The zero-order valence-electron chi connectivity index (χ0n) is 10.9. The molecule has 0 heterocycles. The Morgan fingerprint density at radius 2 is 2.15 bits per heavy atom. The molecule has 1 aliphatic carbocycles. The molecule has 0 radical (unpaired) electrons. The lowest BCUT2D eigenvalue weighted by Crippen LogP contribution is -2.25. The third-order valence-corrected chi connectivity index (χ3v) is 3.33. The molecule has 2 unspecified atom stereocenters. The molecule has 1 aromatic rings. The summed E-state index contributed by atoms with van der Waals surface area (Å²) in [4.78, 5) is 21.2. The summed E-state index contributed by atoms with van der Waals surface area (Å²) in [6.45, 7) is 0. The second kappa shape index (κ2) is 5.87. The number of aliphatic hydroxyl groups is 1. The summed E-state index contributed by atoms with van der Waals surface area (Å²) in [6, 6.07) is 2.43. The van der Waals surface area contributed by atoms with E-state index in [1.54, 1.807) is 0 Å². The van der Waals surface area contributed by atoms with E-state index in [1.807, 2.05) is 0 Å². The van der Waals surface area contributed by atoms with E-state index in [9.17, 15) is 20.0 Å². The van der Waals surface area contributed by atoms with Crippen molar-refractivity contribution in [3.8, 4) is 11.5 Å². The Hall–Kier alpha value is -2.15. The minimum Gasteiger partial charge on any atom is -0.493 e. The van der Waals surface area contributed by atoms with Gasteiger partial charge < -0.3 is 14.6 Å². The molecule has 7 heteroatoms. The molecule has 1 saturated carbocycles. The Balaban J connectivity index is 2.37. The van der Waals surface area contributed by atoms with Crippen molar-refractivity contribution in [2.45, 2.75) is 31.5 Å². The fourth-order valence-corrected chi connectivity index (χ4v) is 2.28. The molecule has 7 nitrogen and oxygen atoms in total. The average Bonchev–Trinajstić information content (AvgIpc) is 2.83. The van der Waals surface area contributed by atoms with E-state index in [-0.39, 0.29) is 22.7 Å². The molecule has 1 aliphatic rings. The zero-order valence-corrected chi connectivity index (χ0v) is 10.9. The van der Waals surface area contributed by atoms with Gasteiger partial charge in [-0.2, -0.15) is 0 Å². The Labute approximate surface area is 115 Å². The Kier molecular flexibility index (Phi) is 4.19. The number of methoxy groups -OCH3 is 1. The number of carbonyl (C=O) groups is 1. The fourth-order valence-electron chi connectivity index (χ4n) is 2.28. The van der Waals surface area contributed by atoms with Crippen LogP contribution in [-0.2, 0) is 0 Å². The molecule has 20 heavy (non-hydrogen) atoms. The maximum Gasteiger partial charge on any atom is 0.283 e. The molecular weight excluding hydrogens is 266 g/mol. The maximum absolute atomic E-state index is 10.9. The lowest BCUT2D eigenvalue weighted by Gasteiger charge is -2.19. The highest BCUT2D eigenvalue weighted by atomic mass is 16.6. The zero-order chi connectivity index (χ0) is 14.7. The number of hydrogen-bond donors (Lipinski definition) is 1. The maximum atomic E-state index is 10.9. The van der Waals surface area contributed by atoms with Crippen LogP contribution in [0.4, 0.5) is 5.69 Å². The van der Waals surface area contributed by atoms with Gasteiger partial charge in [-0.3, -0.25) is 14.9 Å². The molecule has 0 spiro atoms. The molecule has 2 atom stereocenters. The van der Waals surface area contributed by atoms with E-state index in [2.05, 4.69) is 0 Å². The van der Waals surface area contributed by atoms with E-state index < -0.39 is 17.1 Å². The Morgan fingerprint density at radius 3 is 2.65 bits per heavy atom.